The van der Waals surface area contributed by atoms with Gasteiger partial charge in [-0.1, -0.05) is 5.21 Å². The van der Waals surface area contributed by atoms with Crippen LogP contribution in [0.4, 0.5) is 0 Å². The topological polar surface area (TPSA) is 78.3 Å². The van der Waals surface area contributed by atoms with Crippen LogP contribution in [0.25, 0.3) is 11.3 Å². The van der Waals surface area contributed by atoms with Gasteiger partial charge in [0.2, 0.25) is 5.91 Å². The van der Waals surface area contributed by atoms with E-state index in [4.69, 9.17) is 9.47 Å². The van der Waals surface area contributed by atoms with Gasteiger partial charge in [-0.05, 0) is 18.4 Å². The van der Waals surface area contributed by atoms with Crippen molar-refractivity contribution in [3.63, 3.8) is 0 Å². The lowest BCUT2D eigenvalue weighted by molar-refractivity contribution is -0.126. The van der Waals surface area contributed by atoms with Gasteiger partial charge in [-0.25, -0.2) is 4.68 Å². The summed E-state index contributed by atoms with van der Waals surface area (Å²) in [7, 11) is 0. The molecule has 0 fully saturated rings. The molecule has 1 N–H and O–H groups in total. The highest BCUT2D eigenvalue weighted by atomic mass is 32.1. The molecule has 0 aliphatic carbocycles. The Morgan fingerprint density at radius 3 is 3.32 bits per heavy atom. The number of carbonyl (C=O) groups is 1. The van der Waals surface area contributed by atoms with Crippen LogP contribution in [-0.2, 0) is 27.4 Å². The summed E-state index contributed by atoms with van der Waals surface area (Å²) >= 11 is 1.63. The molecule has 0 saturated heterocycles. The Hall–Kier alpha value is -1.77. The molecule has 2 aromatic rings. The third kappa shape index (κ3) is 3.34. The first-order chi connectivity index (χ1) is 10.8. The normalized spacial score (nSPS) is 17.2. The number of amides is 1. The van der Waals surface area contributed by atoms with Gasteiger partial charge < -0.3 is 14.8 Å². The summed E-state index contributed by atoms with van der Waals surface area (Å²) in [5.74, 6) is -0.131. The standard InChI is InChI=1S/C14H18N4O3S/c1-2-20-8-13(19)15-5-11-6-18-12(7-21-11)14(16-17-18)10-3-4-22-9-10/h3-4,9,11H,2,5-8H2,1H3,(H,15,19)/t11-/m0/s1. The summed E-state index contributed by atoms with van der Waals surface area (Å²) in [5, 5.41) is 15.3. The Kier molecular flexibility index (Phi) is 4.81. The molecule has 0 bridgehead atoms. The number of fused-ring (bicyclic) bond motifs is 1. The Labute approximate surface area is 132 Å². The lowest BCUT2D eigenvalue weighted by atomic mass is 10.2. The smallest absolute Gasteiger partial charge is 0.246 e. The predicted octanol–water partition coefficient (Wildman–Crippen LogP) is 1.06. The van der Waals surface area contributed by atoms with E-state index in [-0.39, 0.29) is 18.6 Å². The zero-order valence-electron chi connectivity index (χ0n) is 12.3. The van der Waals surface area contributed by atoms with Crippen molar-refractivity contribution in [3.8, 4) is 11.3 Å². The molecule has 0 unspecified atom stereocenters. The second kappa shape index (κ2) is 6.99. The summed E-state index contributed by atoms with van der Waals surface area (Å²) in [6.07, 6.45) is -0.102. The van der Waals surface area contributed by atoms with Crippen LogP contribution in [0.1, 0.15) is 12.6 Å². The zero-order valence-corrected chi connectivity index (χ0v) is 13.1. The van der Waals surface area contributed by atoms with Gasteiger partial charge in [0.05, 0.1) is 24.9 Å². The van der Waals surface area contributed by atoms with Gasteiger partial charge in [0.1, 0.15) is 12.3 Å². The molecule has 0 radical (unpaired) electrons. The van der Waals surface area contributed by atoms with Crippen molar-refractivity contribution in [1.82, 2.24) is 20.3 Å². The third-order valence-electron chi connectivity index (χ3n) is 3.43. The lowest BCUT2D eigenvalue weighted by Gasteiger charge is -2.24. The number of hydrogen-bond acceptors (Lipinski definition) is 6. The van der Waals surface area contributed by atoms with E-state index in [0.717, 1.165) is 17.0 Å². The Morgan fingerprint density at radius 2 is 2.55 bits per heavy atom. The van der Waals surface area contributed by atoms with E-state index in [9.17, 15) is 4.79 Å². The molecule has 0 aromatic carbocycles. The van der Waals surface area contributed by atoms with E-state index in [1.807, 2.05) is 28.4 Å². The van der Waals surface area contributed by atoms with Crippen LogP contribution in [-0.4, -0.2) is 46.8 Å². The molecule has 3 rings (SSSR count). The Morgan fingerprint density at radius 1 is 1.64 bits per heavy atom. The van der Waals surface area contributed by atoms with Crippen LogP contribution in [0.5, 0.6) is 0 Å². The third-order valence-corrected chi connectivity index (χ3v) is 4.11. The maximum absolute atomic E-state index is 11.5. The van der Waals surface area contributed by atoms with Gasteiger partial charge in [-0.3, -0.25) is 4.79 Å². The van der Waals surface area contributed by atoms with Gasteiger partial charge in [-0.2, -0.15) is 11.3 Å². The van der Waals surface area contributed by atoms with Crippen LogP contribution < -0.4 is 5.32 Å². The Bertz CT molecular complexity index is 626. The number of carbonyl (C=O) groups excluding carboxylic acids is 1. The van der Waals surface area contributed by atoms with Crippen molar-refractivity contribution in [2.75, 3.05) is 19.8 Å². The van der Waals surface area contributed by atoms with Gasteiger partial charge in [0.15, 0.2) is 0 Å². The largest absolute Gasteiger partial charge is 0.372 e. The molecular formula is C14H18N4O3S. The van der Waals surface area contributed by atoms with Crippen molar-refractivity contribution >= 4 is 17.2 Å². The summed E-state index contributed by atoms with van der Waals surface area (Å²) in [6, 6.07) is 2.02. The number of nitrogens with one attached hydrogen (secondary N) is 1. The molecule has 1 aliphatic heterocycles. The summed E-state index contributed by atoms with van der Waals surface area (Å²) in [4.78, 5) is 11.5. The van der Waals surface area contributed by atoms with Gasteiger partial charge in [0, 0.05) is 24.1 Å². The molecule has 3 heterocycles. The highest BCUT2D eigenvalue weighted by Gasteiger charge is 2.24. The van der Waals surface area contributed by atoms with Crippen molar-refractivity contribution in [3.05, 3.63) is 22.5 Å². The van der Waals surface area contributed by atoms with E-state index in [1.54, 1.807) is 11.3 Å². The average molecular weight is 322 g/mol. The number of nitrogens with zero attached hydrogens (tertiary/aromatic N) is 3. The summed E-state index contributed by atoms with van der Waals surface area (Å²) in [6.45, 7) is 3.94. The van der Waals surface area contributed by atoms with E-state index >= 15 is 0 Å². The van der Waals surface area contributed by atoms with E-state index < -0.39 is 0 Å². The van der Waals surface area contributed by atoms with Crippen molar-refractivity contribution in [2.24, 2.45) is 0 Å². The first-order valence-corrected chi connectivity index (χ1v) is 8.13. The first kappa shape index (κ1) is 15.1. The number of thiophene rings is 1. The molecule has 0 saturated carbocycles. The summed E-state index contributed by atoms with van der Waals surface area (Å²) < 4.78 is 12.7. The van der Waals surface area contributed by atoms with E-state index in [2.05, 4.69) is 15.6 Å². The number of aromatic nitrogens is 3. The fraction of sp³-hybridized carbons (Fsp3) is 0.500. The van der Waals surface area contributed by atoms with Crippen molar-refractivity contribution < 1.29 is 14.3 Å². The van der Waals surface area contributed by atoms with Crippen molar-refractivity contribution in [2.45, 2.75) is 26.2 Å². The van der Waals surface area contributed by atoms with Gasteiger partial charge >= 0.3 is 0 Å². The van der Waals surface area contributed by atoms with E-state index in [0.29, 0.717) is 26.3 Å². The maximum Gasteiger partial charge on any atom is 0.246 e. The maximum atomic E-state index is 11.5. The lowest BCUT2D eigenvalue weighted by Crippen LogP contribution is -2.40. The molecule has 2 aromatic heterocycles. The molecule has 8 heteroatoms. The van der Waals surface area contributed by atoms with Crippen LogP contribution in [0.15, 0.2) is 16.8 Å². The fourth-order valence-electron chi connectivity index (χ4n) is 2.29. The minimum atomic E-state index is -0.131. The molecule has 22 heavy (non-hydrogen) atoms. The molecule has 7 nitrogen and oxygen atoms in total. The van der Waals surface area contributed by atoms with Gasteiger partial charge in [-0.15, -0.1) is 5.10 Å². The molecule has 118 valence electrons. The second-order valence-electron chi connectivity index (χ2n) is 4.95. The predicted molar refractivity (Wildman–Crippen MR) is 81.4 cm³/mol. The monoisotopic (exact) mass is 322 g/mol. The molecule has 0 spiro atoms. The quantitative estimate of drug-likeness (QED) is 0.860. The molecular weight excluding hydrogens is 304 g/mol. The van der Waals surface area contributed by atoms with Crippen LogP contribution in [0, 0.1) is 0 Å². The number of ether oxygens (including phenoxy) is 2. The fourth-order valence-corrected chi connectivity index (χ4v) is 2.93. The van der Waals surface area contributed by atoms with Crippen LogP contribution in [0.2, 0.25) is 0 Å². The second-order valence-corrected chi connectivity index (χ2v) is 5.73. The number of hydrogen-bond donors (Lipinski definition) is 1. The van der Waals surface area contributed by atoms with Crippen LogP contribution in [0.3, 0.4) is 0 Å². The van der Waals surface area contributed by atoms with E-state index in [1.165, 1.54) is 0 Å². The highest BCUT2D eigenvalue weighted by molar-refractivity contribution is 7.08. The number of rotatable bonds is 6. The van der Waals surface area contributed by atoms with Gasteiger partial charge in [0.25, 0.3) is 0 Å². The molecule has 1 amide bonds. The minimum Gasteiger partial charge on any atom is -0.372 e. The minimum absolute atomic E-state index is 0.0834. The Balaban J connectivity index is 1.57. The SMILES string of the molecule is CCOCC(=O)NC[C@H]1Cn2nnc(-c3ccsc3)c2CO1. The van der Waals surface area contributed by atoms with Crippen molar-refractivity contribution in [1.29, 1.82) is 0 Å². The first-order valence-electron chi connectivity index (χ1n) is 7.19. The van der Waals surface area contributed by atoms with Crippen LogP contribution >= 0.6 is 11.3 Å². The zero-order chi connectivity index (χ0) is 15.4. The summed E-state index contributed by atoms with van der Waals surface area (Å²) in [5.41, 5.74) is 2.92. The average Bonchev–Trinajstić information content (AvgIpc) is 3.19. The molecule has 1 aliphatic rings. The highest BCUT2D eigenvalue weighted by Crippen LogP contribution is 2.26. The molecule has 1 atom stereocenters.